The smallest absolute Gasteiger partial charge is 0.270 e. The highest BCUT2D eigenvalue weighted by Gasteiger charge is 2.10. The van der Waals surface area contributed by atoms with Gasteiger partial charge in [0, 0.05) is 29.7 Å². The topological polar surface area (TPSA) is 54.0 Å². The Labute approximate surface area is 152 Å². The molecule has 0 saturated carbocycles. The van der Waals surface area contributed by atoms with Crippen LogP contribution in [0.15, 0.2) is 66.9 Å². The molecule has 0 unspecified atom stereocenters. The molecule has 1 aromatic heterocycles. The molecular formula is C21H20FN3O. The van der Waals surface area contributed by atoms with Crippen LogP contribution in [0.25, 0.3) is 0 Å². The lowest BCUT2D eigenvalue weighted by atomic mass is 10.1. The van der Waals surface area contributed by atoms with Gasteiger partial charge in [-0.2, -0.15) is 0 Å². The van der Waals surface area contributed by atoms with E-state index in [1.807, 2.05) is 18.2 Å². The molecule has 132 valence electrons. The van der Waals surface area contributed by atoms with Gasteiger partial charge in [0.2, 0.25) is 0 Å². The summed E-state index contributed by atoms with van der Waals surface area (Å²) in [5.41, 5.74) is 3.68. The molecule has 0 radical (unpaired) electrons. The van der Waals surface area contributed by atoms with Gasteiger partial charge < -0.3 is 10.6 Å². The molecule has 5 heteroatoms. The summed E-state index contributed by atoms with van der Waals surface area (Å²) >= 11 is 0. The summed E-state index contributed by atoms with van der Waals surface area (Å²) in [6.07, 6.45) is 2.49. The number of para-hydroxylation sites is 1. The Kier molecular flexibility index (Phi) is 5.59. The van der Waals surface area contributed by atoms with Gasteiger partial charge in [0.05, 0.1) is 0 Å². The first-order chi connectivity index (χ1) is 12.7. The van der Waals surface area contributed by atoms with Crippen molar-refractivity contribution >= 4 is 17.3 Å². The molecule has 0 aliphatic carbocycles. The third-order valence-electron chi connectivity index (χ3n) is 4.07. The molecule has 0 bridgehead atoms. The van der Waals surface area contributed by atoms with Gasteiger partial charge in [-0.1, -0.05) is 43.3 Å². The van der Waals surface area contributed by atoms with E-state index in [0.717, 1.165) is 17.8 Å². The minimum atomic E-state index is -0.347. The van der Waals surface area contributed by atoms with Gasteiger partial charge in [0.1, 0.15) is 11.5 Å². The van der Waals surface area contributed by atoms with Crippen LogP contribution in [0, 0.1) is 5.82 Å². The van der Waals surface area contributed by atoms with Crippen LogP contribution in [0.2, 0.25) is 0 Å². The average molecular weight is 349 g/mol. The van der Waals surface area contributed by atoms with E-state index < -0.39 is 0 Å². The fraction of sp³-hybridized carbons (Fsp3) is 0.143. The van der Waals surface area contributed by atoms with Gasteiger partial charge in [0.25, 0.3) is 5.91 Å². The second-order valence-corrected chi connectivity index (χ2v) is 5.84. The van der Waals surface area contributed by atoms with E-state index in [2.05, 4.69) is 28.6 Å². The summed E-state index contributed by atoms with van der Waals surface area (Å²) in [6, 6.07) is 17.9. The largest absolute Gasteiger partial charge is 0.355 e. The number of anilines is 2. The number of halogens is 1. The van der Waals surface area contributed by atoms with Crippen LogP contribution < -0.4 is 10.6 Å². The Hall–Kier alpha value is -3.21. The first kappa shape index (κ1) is 17.6. The number of aryl methyl sites for hydroxylation is 1. The van der Waals surface area contributed by atoms with Crippen molar-refractivity contribution in [3.8, 4) is 0 Å². The highest BCUT2D eigenvalue weighted by molar-refractivity contribution is 5.93. The number of benzene rings is 2. The number of nitrogens with zero attached hydrogens (tertiary/aromatic N) is 1. The number of amides is 1. The van der Waals surface area contributed by atoms with Crippen LogP contribution in [0.1, 0.15) is 28.5 Å². The van der Waals surface area contributed by atoms with E-state index in [1.54, 1.807) is 36.5 Å². The number of hydrogen-bond donors (Lipinski definition) is 2. The van der Waals surface area contributed by atoms with E-state index in [4.69, 9.17) is 0 Å². The van der Waals surface area contributed by atoms with Gasteiger partial charge >= 0.3 is 0 Å². The van der Waals surface area contributed by atoms with Crippen LogP contribution in [0.3, 0.4) is 0 Å². The molecule has 0 aliphatic heterocycles. The van der Waals surface area contributed by atoms with Crippen LogP contribution in [-0.4, -0.2) is 10.9 Å². The van der Waals surface area contributed by atoms with Gasteiger partial charge in [-0.25, -0.2) is 4.39 Å². The summed E-state index contributed by atoms with van der Waals surface area (Å²) in [6.45, 7) is 2.21. The zero-order valence-electron chi connectivity index (χ0n) is 14.5. The summed E-state index contributed by atoms with van der Waals surface area (Å²) in [5.74, 6) is -0.687. The Morgan fingerprint density at radius 2 is 1.77 bits per heavy atom. The summed E-state index contributed by atoms with van der Waals surface area (Å²) in [5, 5.41) is 6.02. The molecule has 0 aliphatic rings. The third kappa shape index (κ3) is 4.25. The van der Waals surface area contributed by atoms with Gasteiger partial charge in [-0.15, -0.1) is 0 Å². The van der Waals surface area contributed by atoms with Crippen molar-refractivity contribution in [2.45, 2.75) is 19.9 Å². The van der Waals surface area contributed by atoms with Gasteiger partial charge in [-0.3, -0.25) is 9.78 Å². The number of nitrogens with one attached hydrogen (secondary N) is 2. The molecule has 0 fully saturated rings. The first-order valence-electron chi connectivity index (χ1n) is 8.50. The Morgan fingerprint density at radius 1 is 1.04 bits per heavy atom. The predicted molar refractivity (Wildman–Crippen MR) is 101 cm³/mol. The Bertz CT molecular complexity index is 911. The van der Waals surface area contributed by atoms with Gasteiger partial charge in [0.15, 0.2) is 0 Å². The minimum Gasteiger partial charge on any atom is -0.355 e. The number of rotatable bonds is 6. The maximum absolute atomic E-state index is 13.6. The Morgan fingerprint density at radius 3 is 2.54 bits per heavy atom. The summed E-state index contributed by atoms with van der Waals surface area (Å²) in [4.78, 5) is 16.4. The second kappa shape index (κ2) is 8.25. The van der Waals surface area contributed by atoms with Crippen LogP contribution in [0.5, 0.6) is 0 Å². The lowest BCUT2D eigenvalue weighted by Gasteiger charge is -2.12. The summed E-state index contributed by atoms with van der Waals surface area (Å²) < 4.78 is 13.6. The fourth-order valence-electron chi connectivity index (χ4n) is 2.65. The maximum Gasteiger partial charge on any atom is 0.270 e. The first-order valence-corrected chi connectivity index (χ1v) is 8.50. The van der Waals surface area contributed by atoms with E-state index in [1.165, 1.54) is 11.6 Å². The second-order valence-electron chi connectivity index (χ2n) is 5.84. The molecule has 0 saturated heterocycles. The van der Waals surface area contributed by atoms with Crippen molar-refractivity contribution in [1.82, 2.24) is 10.3 Å². The van der Waals surface area contributed by atoms with Crippen molar-refractivity contribution in [2.75, 3.05) is 5.32 Å². The fourth-order valence-corrected chi connectivity index (χ4v) is 2.65. The van der Waals surface area contributed by atoms with E-state index in [-0.39, 0.29) is 24.0 Å². The molecule has 0 atom stereocenters. The number of pyridine rings is 1. The van der Waals surface area contributed by atoms with Crippen molar-refractivity contribution in [3.05, 3.63) is 89.5 Å². The average Bonchev–Trinajstić information content (AvgIpc) is 2.68. The monoisotopic (exact) mass is 349 g/mol. The number of hydrogen-bond acceptors (Lipinski definition) is 3. The van der Waals surface area contributed by atoms with Crippen LogP contribution >= 0.6 is 0 Å². The maximum atomic E-state index is 13.6. The lowest BCUT2D eigenvalue weighted by Crippen LogP contribution is -2.24. The standard InChI is InChI=1S/C21H20FN3O/c1-2-15-7-4-6-10-19(15)25-17-11-12-23-20(13-17)21(26)24-14-16-8-3-5-9-18(16)22/h3-13H,2,14H2,1H3,(H,23,25)(H,24,26). The van der Waals surface area contributed by atoms with E-state index in [9.17, 15) is 9.18 Å². The van der Waals surface area contributed by atoms with E-state index >= 15 is 0 Å². The molecule has 3 aromatic rings. The van der Waals surface area contributed by atoms with Gasteiger partial charge in [-0.05, 0) is 36.2 Å². The highest BCUT2D eigenvalue weighted by atomic mass is 19.1. The lowest BCUT2D eigenvalue weighted by molar-refractivity contribution is 0.0945. The molecule has 26 heavy (non-hydrogen) atoms. The molecule has 4 nitrogen and oxygen atoms in total. The normalized spacial score (nSPS) is 10.4. The predicted octanol–water partition coefficient (Wildman–Crippen LogP) is 4.46. The number of carbonyl (C=O) groups is 1. The van der Waals surface area contributed by atoms with Crippen molar-refractivity contribution in [1.29, 1.82) is 0 Å². The van der Waals surface area contributed by atoms with Crippen molar-refractivity contribution in [2.24, 2.45) is 0 Å². The quantitative estimate of drug-likeness (QED) is 0.691. The zero-order chi connectivity index (χ0) is 18.4. The van der Waals surface area contributed by atoms with Crippen molar-refractivity contribution in [3.63, 3.8) is 0 Å². The molecule has 3 rings (SSSR count). The Balaban J connectivity index is 1.70. The molecule has 2 aromatic carbocycles. The van der Waals surface area contributed by atoms with Crippen molar-refractivity contribution < 1.29 is 9.18 Å². The van der Waals surface area contributed by atoms with E-state index in [0.29, 0.717) is 5.56 Å². The highest BCUT2D eigenvalue weighted by Crippen LogP contribution is 2.21. The zero-order valence-corrected chi connectivity index (χ0v) is 14.5. The van der Waals surface area contributed by atoms with Crippen LogP contribution in [-0.2, 0) is 13.0 Å². The molecule has 1 heterocycles. The number of aromatic nitrogens is 1. The molecule has 2 N–H and O–H groups in total. The van der Waals surface area contributed by atoms with Crippen LogP contribution in [0.4, 0.5) is 15.8 Å². The number of carbonyl (C=O) groups excluding carboxylic acids is 1. The molecule has 1 amide bonds. The summed E-state index contributed by atoms with van der Waals surface area (Å²) in [7, 11) is 0. The minimum absolute atomic E-state index is 0.115. The SMILES string of the molecule is CCc1ccccc1Nc1ccnc(C(=O)NCc2ccccc2F)c1. The molecule has 0 spiro atoms. The molecular weight excluding hydrogens is 329 g/mol. The third-order valence-corrected chi connectivity index (χ3v) is 4.07.